The molecule has 0 amide bonds. The lowest BCUT2D eigenvalue weighted by atomic mass is 9.83. The van der Waals surface area contributed by atoms with Crippen molar-refractivity contribution in [2.75, 3.05) is 0 Å². The molecule has 0 aromatic rings. The largest absolute Gasteiger partial charge is 0.393 e. The van der Waals surface area contributed by atoms with Gasteiger partial charge in [-0.1, -0.05) is 30.9 Å². The van der Waals surface area contributed by atoms with E-state index in [-0.39, 0.29) is 6.10 Å². The van der Waals surface area contributed by atoms with Crippen molar-refractivity contribution in [1.29, 1.82) is 0 Å². The van der Waals surface area contributed by atoms with Crippen LogP contribution in [0.2, 0.25) is 0 Å². The molecule has 0 saturated heterocycles. The third kappa shape index (κ3) is 2.38. The Balaban J connectivity index is 2.02. The van der Waals surface area contributed by atoms with Crippen LogP contribution >= 0.6 is 0 Å². The van der Waals surface area contributed by atoms with Gasteiger partial charge in [0.15, 0.2) is 0 Å². The van der Waals surface area contributed by atoms with Crippen LogP contribution in [0.25, 0.3) is 0 Å². The monoisotopic (exact) mass is 194 g/mol. The summed E-state index contributed by atoms with van der Waals surface area (Å²) < 4.78 is 0. The molecule has 0 unspecified atom stereocenters. The number of aliphatic hydroxyl groups excluding tert-OH is 1. The minimum atomic E-state index is -0.0400. The first-order valence-electron chi connectivity index (χ1n) is 6.25. The molecule has 0 aromatic heterocycles. The third-order valence-electron chi connectivity index (χ3n) is 3.78. The molecule has 0 aliphatic heterocycles. The van der Waals surface area contributed by atoms with E-state index in [1.54, 1.807) is 5.57 Å². The number of hydrogen-bond acceptors (Lipinski definition) is 1. The fraction of sp³-hybridized carbons (Fsp3) is 0.846. The van der Waals surface area contributed by atoms with Crippen LogP contribution in [-0.2, 0) is 0 Å². The van der Waals surface area contributed by atoms with Crippen molar-refractivity contribution in [3.8, 4) is 0 Å². The molecule has 2 rings (SSSR count). The normalized spacial score (nSPS) is 34.8. The van der Waals surface area contributed by atoms with Crippen LogP contribution in [0.15, 0.2) is 11.6 Å². The van der Waals surface area contributed by atoms with Gasteiger partial charge < -0.3 is 5.11 Å². The molecule has 14 heavy (non-hydrogen) atoms. The van der Waals surface area contributed by atoms with E-state index in [1.165, 1.54) is 51.4 Å². The summed E-state index contributed by atoms with van der Waals surface area (Å²) in [6, 6.07) is 0. The predicted molar refractivity (Wildman–Crippen MR) is 59.1 cm³/mol. The van der Waals surface area contributed by atoms with Gasteiger partial charge in [-0.3, -0.25) is 0 Å². The second-order valence-corrected chi connectivity index (χ2v) is 4.84. The Bertz CT molecular complexity index is 207. The van der Waals surface area contributed by atoms with Crippen LogP contribution in [-0.4, -0.2) is 11.2 Å². The van der Waals surface area contributed by atoms with Gasteiger partial charge >= 0.3 is 0 Å². The zero-order valence-corrected chi connectivity index (χ0v) is 9.04. The van der Waals surface area contributed by atoms with E-state index in [9.17, 15) is 5.11 Å². The molecule has 2 aliphatic rings. The molecule has 0 radical (unpaired) electrons. The molecular formula is C13H22O. The Morgan fingerprint density at radius 1 is 1.00 bits per heavy atom. The van der Waals surface area contributed by atoms with Gasteiger partial charge in [-0.2, -0.15) is 0 Å². The van der Waals surface area contributed by atoms with Crippen LogP contribution in [0.4, 0.5) is 0 Å². The predicted octanol–water partition coefficient (Wildman–Crippen LogP) is 3.43. The fourth-order valence-corrected chi connectivity index (χ4v) is 2.92. The highest BCUT2D eigenvalue weighted by Crippen LogP contribution is 2.33. The molecule has 0 aromatic carbocycles. The van der Waals surface area contributed by atoms with Gasteiger partial charge in [-0.05, 0) is 38.5 Å². The number of aliphatic hydroxyl groups is 1. The maximum Gasteiger partial charge on any atom is 0.0605 e. The lowest BCUT2D eigenvalue weighted by molar-refractivity contribution is 0.115. The molecule has 2 aliphatic carbocycles. The minimum absolute atomic E-state index is 0.0400. The second kappa shape index (κ2) is 4.97. The highest BCUT2D eigenvalue weighted by molar-refractivity contribution is 5.11. The second-order valence-electron chi connectivity index (χ2n) is 4.84. The summed E-state index contributed by atoms with van der Waals surface area (Å²) in [7, 11) is 0. The topological polar surface area (TPSA) is 20.2 Å². The zero-order chi connectivity index (χ0) is 9.80. The van der Waals surface area contributed by atoms with E-state index in [0.717, 1.165) is 6.42 Å². The smallest absolute Gasteiger partial charge is 0.0605 e. The van der Waals surface area contributed by atoms with Gasteiger partial charge in [0, 0.05) is 5.92 Å². The average Bonchev–Trinajstić information content (AvgIpc) is 2.44. The summed E-state index contributed by atoms with van der Waals surface area (Å²) in [6.45, 7) is 0. The van der Waals surface area contributed by atoms with Gasteiger partial charge in [0.05, 0.1) is 6.10 Å². The van der Waals surface area contributed by atoms with Crippen LogP contribution in [0.1, 0.15) is 57.8 Å². The molecular weight excluding hydrogens is 172 g/mol. The van der Waals surface area contributed by atoms with Crippen molar-refractivity contribution >= 4 is 0 Å². The van der Waals surface area contributed by atoms with Gasteiger partial charge in [-0.15, -0.1) is 0 Å². The van der Waals surface area contributed by atoms with Crippen LogP contribution in [0.3, 0.4) is 0 Å². The minimum Gasteiger partial charge on any atom is -0.393 e. The molecule has 1 nitrogen and oxygen atoms in total. The summed E-state index contributed by atoms with van der Waals surface area (Å²) >= 11 is 0. The van der Waals surface area contributed by atoms with E-state index in [1.807, 2.05) is 0 Å². The molecule has 1 heteroatoms. The molecule has 0 bridgehead atoms. The molecule has 0 heterocycles. The summed E-state index contributed by atoms with van der Waals surface area (Å²) in [5.41, 5.74) is 1.57. The van der Waals surface area contributed by atoms with E-state index in [0.29, 0.717) is 5.92 Å². The van der Waals surface area contributed by atoms with Crippen molar-refractivity contribution in [2.24, 2.45) is 5.92 Å². The van der Waals surface area contributed by atoms with Crippen LogP contribution in [0, 0.1) is 5.92 Å². The number of hydrogen-bond donors (Lipinski definition) is 1. The summed E-state index contributed by atoms with van der Waals surface area (Å²) in [5.74, 6) is 0.512. The maximum atomic E-state index is 10.1. The van der Waals surface area contributed by atoms with Crippen molar-refractivity contribution in [1.82, 2.24) is 0 Å². The van der Waals surface area contributed by atoms with E-state index in [4.69, 9.17) is 0 Å². The third-order valence-corrected chi connectivity index (χ3v) is 3.78. The quantitative estimate of drug-likeness (QED) is 0.501. The molecule has 0 spiro atoms. The highest BCUT2D eigenvalue weighted by atomic mass is 16.3. The van der Waals surface area contributed by atoms with Crippen LogP contribution in [0.5, 0.6) is 0 Å². The lowest BCUT2D eigenvalue weighted by Gasteiger charge is -2.25. The summed E-state index contributed by atoms with van der Waals surface area (Å²) in [6.07, 6.45) is 13.7. The molecule has 80 valence electrons. The first-order chi connectivity index (χ1) is 6.88. The SMILES string of the molecule is O[C@@H]1CCCCC[C@H]1C1=CCCCC1. The molecule has 1 saturated carbocycles. The first kappa shape index (κ1) is 10.2. The molecule has 1 N–H and O–H groups in total. The zero-order valence-electron chi connectivity index (χ0n) is 9.04. The Kier molecular flexibility index (Phi) is 3.63. The highest BCUT2D eigenvalue weighted by Gasteiger charge is 2.25. The Hall–Kier alpha value is -0.300. The van der Waals surface area contributed by atoms with Gasteiger partial charge in [0.2, 0.25) is 0 Å². The average molecular weight is 194 g/mol. The van der Waals surface area contributed by atoms with E-state index < -0.39 is 0 Å². The maximum absolute atomic E-state index is 10.1. The van der Waals surface area contributed by atoms with Crippen LogP contribution < -0.4 is 0 Å². The Morgan fingerprint density at radius 3 is 2.64 bits per heavy atom. The molecule has 2 atom stereocenters. The Morgan fingerprint density at radius 2 is 1.86 bits per heavy atom. The lowest BCUT2D eigenvalue weighted by Crippen LogP contribution is -2.21. The van der Waals surface area contributed by atoms with Gasteiger partial charge in [0.1, 0.15) is 0 Å². The summed E-state index contributed by atoms with van der Waals surface area (Å²) in [5, 5.41) is 10.1. The van der Waals surface area contributed by atoms with Crippen molar-refractivity contribution < 1.29 is 5.11 Å². The number of allylic oxidation sites excluding steroid dienone is 1. The van der Waals surface area contributed by atoms with Crippen molar-refractivity contribution in [2.45, 2.75) is 63.9 Å². The van der Waals surface area contributed by atoms with Gasteiger partial charge in [-0.25, -0.2) is 0 Å². The summed E-state index contributed by atoms with van der Waals surface area (Å²) in [4.78, 5) is 0. The van der Waals surface area contributed by atoms with Crippen molar-refractivity contribution in [3.05, 3.63) is 11.6 Å². The number of rotatable bonds is 1. The standard InChI is InChI=1S/C13H22O/c14-13-10-6-2-5-9-12(13)11-7-3-1-4-8-11/h7,12-14H,1-6,8-10H2/t12-,13+/m0/s1. The van der Waals surface area contributed by atoms with Gasteiger partial charge in [0.25, 0.3) is 0 Å². The van der Waals surface area contributed by atoms with Crippen molar-refractivity contribution in [3.63, 3.8) is 0 Å². The molecule has 1 fully saturated rings. The Labute approximate surface area is 87.2 Å². The van der Waals surface area contributed by atoms with E-state index >= 15 is 0 Å². The fourth-order valence-electron chi connectivity index (χ4n) is 2.92. The van der Waals surface area contributed by atoms with E-state index in [2.05, 4.69) is 6.08 Å². The first-order valence-corrected chi connectivity index (χ1v) is 6.25.